The fraction of sp³-hybridized carbons (Fsp3) is 0.190. The highest BCUT2D eigenvalue weighted by molar-refractivity contribution is 5.92. The number of esters is 1. The number of ether oxygens (including phenoxy) is 3. The summed E-state index contributed by atoms with van der Waals surface area (Å²) in [5, 5.41) is 6.56. The minimum absolute atomic E-state index is 0.0386. The molecular formula is C21H20N2O6. The van der Waals surface area contributed by atoms with Crippen molar-refractivity contribution >= 4 is 17.6 Å². The lowest BCUT2D eigenvalue weighted by molar-refractivity contribution is -0.114. The molecule has 8 nitrogen and oxygen atoms in total. The number of anilines is 1. The van der Waals surface area contributed by atoms with Gasteiger partial charge in [-0.15, -0.1) is 0 Å². The SMILES string of the molecule is COc1ccc(-c2cc(COC(=O)c3ccc(NC(C)=O)cc3)no2)cc1OC. The summed E-state index contributed by atoms with van der Waals surface area (Å²) in [5.74, 6) is 0.995. The lowest BCUT2D eigenvalue weighted by Crippen LogP contribution is -2.07. The third kappa shape index (κ3) is 4.92. The molecule has 0 saturated heterocycles. The molecule has 0 bridgehead atoms. The van der Waals surface area contributed by atoms with Crippen molar-refractivity contribution in [1.82, 2.24) is 5.16 Å². The molecule has 0 aliphatic heterocycles. The zero-order valence-electron chi connectivity index (χ0n) is 16.2. The molecule has 3 rings (SSSR count). The Balaban J connectivity index is 1.63. The number of carbonyl (C=O) groups is 2. The van der Waals surface area contributed by atoms with Gasteiger partial charge in [-0.1, -0.05) is 5.16 Å². The van der Waals surface area contributed by atoms with Gasteiger partial charge in [0.2, 0.25) is 5.91 Å². The van der Waals surface area contributed by atoms with E-state index in [1.165, 1.54) is 6.92 Å². The van der Waals surface area contributed by atoms with E-state index in [1.807, 2.05) is 6.07 Å². The van der Waals surface area contributed by atoms with Crippen LogP contribution >= 0.6 is 0 Å². The van der Waals surface area contributed by atoms with Crippen LogP contribution in [0.1, 0.15) is 23.0 Å². The zero-order valence-corrected chi connectivity index (χ0v) is 16.2. The number of carbonyl (C=O) groups excluding carboxylic acids is 2. The molecule has 0 radical (unpaired) electrons. The van der Waals surface area contributed by atoms with Crippen molar-refractivity contribution < 1.29 is 28.3 Å². The Kier molecular flexibility index (Phi) is 6.13. The van der Waals surface area contributed by atoms with Gasteiger partial charge in [0, 0.05) is 24.2 Å². The summed E-state index contributed by atoms with van der Waals surface area (Å²) < 4.78 is 21.1. The Morgan fingerprint density at radius 3 is 2.38 bits per heavy atom. The van der Waals surface area contributed by atoms with Crippen molar-refractivity contribution in [3.05, 3.63) is 59.8 Å². The van der Waals surface area contributed by atoms with Crippen molar-refractivity contribution in [3.8, 4) is 22.8 Å². The van der Waals surface area contributed by atoms with Gasteiger partial charge in [0.1, 0.15) is 12.3 Å². The minimum atomic E-state index is -0.505. The normalized spacial score (nSPS) is 10.3. The smallest absolute Gasteiger partial charge is 0.338 e. The Morgan fingerprint density at radius 2 is 1.72 bits per heavy atom. The van der Waals surface area contributed by atoms with Crippen LogP contribution in [-0.2, 0) is 16.1 Å². The number of nitrogens with one attached hydrogen (secondary N) is 1. The number of methoxy groups -OCH3 is 2. The second-order valence-electron chi connectivity index (χ2n) is 6.09. The summed E-state index contributed by atoms with van der Waals surface area (Å²) in [4.78, 5) is 23.2. The highest BCUT2D eigenvalue weighted by Gasteiger charge is 2.13. The first-order valence-electron chi connectivity index (χ1n) is 8.73. The number of nitrogens with zero attached hydrogens (tertiary/aromatic N) is 1. The summed E-state index contributed by atoms with van der Waals surface area (Å²) in [7, 11) is 3.11. The molecule has 0 aliphatic rings. The first kappa shape index (κ1) is 19.9. The molecule has 0 atom stereocenters. The Morgan fingerprint density at radius 1 is 1.00 bits per heavy atom. The number of hydrogen-bond donors (Lipinski definition) is 1. The average molecular weight is 396 g/mol. The maximum Gasteiger partial charge on any atom is 0.338 e. The minimum Gasteiger partial charge on any atom is -0.493 e. The summed E-state index contributed by atoms with van der Waals surface area (Å²) >= 11 is 0. The Bertz CT molecular complexity index is 1010. The quantitative estimate of drug-likeness (QED) is 0.608. The molecule has 1 aromatic heterocycles. The number of benzene rings is 2. The van der Waals surface area contributed by atoms with E-state index in [1.54, 1.807) is 56.7 Å². The Labute approximate surface area is 167 Å². The molecule has 1 N–H and O–H groups in total. The van der Waals surface area contributed by atoms with Crippen molar-refractivity contribution in [3.63, 3.8) is 0 Å². The predicted octanol–water partition coefficient (Wildman–Crippen LogP) is 3.67. The van der Waals surface area contributed by atoms with E-state index in [0.717, 1.165) is 5.56 Å². The number of amides is 1. The fourth-order valence-corrected chi connectivity index (χ4v) is 2.62. The van der Waals surface area contributed by atoms with E-state index in [0.29, 0.717) is 34.2 Å². The molecular weight excluding hydrogens is 376 g/mol. The molecule has 1 amide bonds. The largest absolute Gasteiger partial charge is 0.493 e. The summed E-state index contributed by atoms with van der Waals surface area (Å²) in [6, 6.07) is 13.4. The lowest BCUT2D eigenvalue weighted by Gasteiger charge is -2.07. The molecule has 0 fully saturated rings. The summed E-state index contributed by atoms with van der Waals surface area (Å²) in [6.45, 7) is 1.37. The van der Waals surface area contributed by atoms with Gasteiger partial charge in [-0.05, 0) is 42.5 Å². The van der Waals surface area contributed by atoms with Crippen LogP contribution in [0.5, 0.6) is 11.5 Å². The zero-order chi connectivity index (χ0) is 20.8. The molecule has 29 heavy (non-hydrogen) atoms. The van der Waals surface area contributed by atoms with Crippen LogP contribution in [0.3, 0.4) is 0 Å². The molecule has 2 aromatic carbocycles. The molecule has 0 saturated carbocycles. The van der Waals surface area contributed by atoms with E-state index in [4.69, 9.17) is 18.7 Å². The second-order valence-corrected chi connectivity index (χ2v) is 6.09. The van der Waals surface area contributed by atoms with E-state index >= 15 is 0 Å². The first-order valence-corrected chi connectivity index (χ1v) is 8.73. The molecule has 0 spiro atoms. The number of rotatable bonds is 7. The van der Waals surface area contributed by atoms with Gasteiger partial charge < -0.3 is 24.1 Å². The highest BCUT2D eigenvalue weighted by atomic mass is 16.5. The third-order valence-corrected chi connectivity index (χ3v) is 4.02. The fourth-order valence-electron chi connectivity index (χ4n) is 2.62. The lowest BCUT2D eigenvalue weighted by atomic mass is 10.1. The average Bonchev–Trinajstić information content (AvgIpc) is 3.20. The van der Waals surface area contributed by atoms with E-state index < -0.39 is 5.97 Å². The van der Waals surface area contributed by atoms with Crippen molar-refractivity contribution in [1.29, 1.82) is 0 Å². The van der Waals surface area contributed by atoms with E-state index in [-0.39, 0.29) is 12.5 Å². The van der Waals surface area contributed by atoms with Gasteiger partial charge in [-0.25, -0.2) is 4.79 Å². The number of hydrogen-bond acceptors (Lipinski definition) is 7. The van der Waals surface area contributed by atoms with Crippen LogP contribution in [0, 0.1) is 0 Å². The molecule has 1 heterocycles. The maximum atomic E-state index is 12.2. The third-order valence-electron chi connectivity index (χ3n) is 4.02. The predicted molar refractivity (Wildman–Crippen MR) is 105 cm³/mol. The molecule has 0 aliphatic carbocycles. The van der Waals surface area contributed by atoms with Crippen LogP contribution in [0.2, 0.25) is 0 Å². The van der Waals surface area contributed by atoms with Gasteiger partial charge in [0.25, 0.3) is 0 Å². The summed E-state index contributed by atoms with van der Waals surface area (Å²) in [5.41, 5.74) is 2.19. The van der Waals surface area contributed by atoms with Gasteiger partial charge in [0.05, 0.1) is 19.8 Å². The van der Waals surface area contributed by atoms with E-state index in [2.05, 4.69) is 10.5 Å². The molecule has 8 heteroatoms. The van der Waals surface area contributed by atoms with Crippen LogP contribution in [0.25, 0.3) is 11.3 Å². The maximum absolute atomic E-state index is 12.2. The topological polar surface area (TPSA) is 99.9 Å². The van der Waals surface area contributed by atoms with Crippen LogP contribution in [-0.4, -0.2) is 31.3 Å². The Hall–Kier alpha value is -3.81. The molecule has 0 unspecified atom stereocenters. The molecule has 150 valence electrons. The van der Waals surface area contributed by atoms with Crippen LogP contribution in [0.15, 0.2) is 53.1 Å². The summed E-state index contributed by atoms with van der Waals surface area (Å²) in [6.07, 6.45) is 0. The standard InChI is InChI=1S/C21H20N2O6/c1-13(24)22-16-7-4-14(5-8-16)21(25)28-12-17-11-19(29-23-17)15-6-9-18(26-2)20(10-15)27-3/h4-11H,12H2,1-3H3,(H,22,24). The molecule has 3 aromatic rings. The van der Waals surface area contributed by atoms with Gasteiger partial charge >= 0.3 is 5.97 Å². The van der Waals surface area contributed by atoms with Crippen molar-refractivity contribution in [2.45, 2.75) is 13.5 Å². The van der Waals surface area contributed by atoms with Crippen LogP contribution in [0.4, 0.5) is 5.69 Å². The second kappa shape index (κ2) is 8.92. The van der Waals surface area contributed by atoms with Gasteiger partial charge in [-0.3, -0.25) is 4.79 Å². The van der Waals surface area contributed by atoms with E-state index in [9.17, 15) is 9.59 Å². The first-order chi connectivity index (χ1) is 14.0. The monoisotopic (exact) mass is 396 g/mol. The van der Waals surface area contributed by atoms with Crippen LogP contribution < -0.4 is 14.8 Å². The van der Waals surface area contributed by atoms with Gasteiger partial charge in [-0.2, -0.15) is 0 Å². The van der Waals surface area contributed by atoms with Crippen molar-refractivity contribution in [2.24, 2.45) is 0 Å². The van der Waals surface area contributed by atoms with Gasteiger partial charge in [0.15, 0.2) is 17.3 Å². The highest BCUT2D eigenvalue weighted by Crippen LogP contribution is 2.32. The van der Waals surface area contributed by atoms with Crippen molar-refractivity contribution in [2.75, 3.05) is 19.5 Å². The number of aromatic nitrogens is 1.